The van der Waals surface area contributed by atoms with Crippen LogP contribution in [-0.4, -0.2) is 32.6 Å². The Morgan fingerprint density at radius 1 is 1.04 bits per heavy atom. The smallest absolute Gasteiger partial charge is 0.223 e. The van der Waals surface area contributed by atoms with E-state index >= 15 is 0 Å². The van der Waals surface area contributed by atoms with Gasteiger partial charge in [-0.3, -0.25) is 9.59 Å². The highest BCUT2D eigenvalue weighted by atomic mass is 16.5. The first kappa shape index (κ1) is 21.3. The third-order valence-electron chi connectivity index (χ3n) is 4.75. The van der Waals surface area contributed by atoms with E-state index in [4.69, 9.17) is 9.47 Å². The largest absolute Gasteiger partial charge is 0.493 e. The first-order valence-electron chi connectivity index (χ1n) is 9.19. The molecule has 2 aromatic carbocycles. The van der Waals surface area contributed by atoms with Gasteiger partial charge in [-0.05, 0) is 48.7 Å². The van der Waals surface area contributed by atoms with E-state index in [1.165, 1.54) is 6.92 Å². The second-order valence-electron chi connectivity index (χ2n) is 6.61. The van der Waals surface area contributed by atoms with Gasteiger partial charge in [0.05, 0.1) is 14.2 Å². The normalized spacial score (nSPS) is 10.3. The van der Waals surface area contributed by atoms with Crippen LogP contribution in [0.15, 0.2) is 36.4 Å². The molecule has 2 aromatic rings. The van der Waals surface area contributed by atoms with Crippen molar-refractivity contribution in [2.24, 2.45) is 0 Å². The van der Waals surface area contributed by atoms with Crippen molar-refractivity contribution in [1.29, 1.82) is 0 Å². The van der Waals surface area contributed by atoms with Crippen LogP contribution in [0.5, 0.6) is 11.5 Å². The minimum atomic E-state index is -0.119. The fourth-order valence-electron chi connectivity index (χ4n) is 2.97. The Balaban J connectivity index is 1.97. The first-order valence-corrected chi connectivity index (χ1v) is 9.19. The number of nitrogens with one attached hydrogen (secondary N) is 1. The van der Waals surface area contributed by atoms with E-state index in [2.05, 4.69) is 5.32 Å². The summed E-state index contributed by atoms with van der Waals surface area (Å²) in [5.41, 5.74) is 3.91. The number of ether oxygens (including phenoxy) is 2. The van der Waals surface area contributed by atoms with Crippen LogP contribution in [0.4, 0.5) is 5.69 Å². The lowest BCUT2D eigenvalue weighted by molar-refractivity contribution is -0.121. The fraction of sp³-hybridized carbons (Fsp3) is 0.364. The van der Waals surface area contributed by atoms with Crippen LogP contribution in [-0.2, 0) is 16.1 Å². The standard InChI is InChI=1S/C22H28N2O4/c1-15-7-6-8-19(16(15)2)24(17(3)25)12-11-22(26)23-14-18-9-10-20(27-4)21(13-18)28-5/h6-10,13H,11-12,14H2,1-5H3,(H,23,26). The van der Waals surface area contributed by atoms with Gasteiger partial charge < -0.3 is 19.7 Å². The van der Waals surface area contributed by atoms with Gasteiger partial charge in [-0.15, -0.1) is 0 Å². The van der Waals surface area contributed by atoms with Crippen LogP contribution < -0.4 is 19.7 Å². The summed E-state index contributed by atoms with van der Waals surface area (Å²) in [4.78, 5) is 26.0. The predicted octanol–water partition coefficient (Wildman–Crippen LogP) is 3.38. The number of benzene rings is 2. The van der Waals surface area contributed by atoms with Gasteiger partial charge in [-0.1, -0.05) is 18.2 Å². The third kappa shape index (κ3) is 5.25. The van der Waals surface area contributed by atoms with Gasteiger partial charge in [0.15, 0.2) is 11.5 Å². The van der Waals surface area contributed by atoms with Crippen molar-refractivity contribution in [1.82, 2.24) is 5.32 Å². The summed E-state index contributed by atoms with van der Waals surface area (Å²) in [5.74, 6) is 1.06. The topological polar surface area (TPSA) is 67.9 Å². The predicted molar refractivity (Wildman–Crippen MR) is 110 cm³/mol. The highest BCUT2D eigenvalue weighted by molar-refractivity contribution is 5.93. The maximum absolute atomic E-state index is 12.3. The number of hydrogen-bond donors (Lipinski definition) is 1. The Kier molecular flexibility index (Phi) is 7.44. The van der Waals surface area contributed by atoms with Crippen molar-refractivity contribution in [3.8, 4) is 11.5 Å². The average Bonchev–Trinajstić information content (AvgIpc) is 2.69. The molecule has 0 bridgehead atoms. The molecule has 0 saturated carbocycles. The summed E-state index contributed by atoms with van der Waals surface area (Å²) in [6, 6.07) is 11.3. The summed E-state index contributed by atoms with van der Waals surface area (Å²) in [7, 11) is 3.15. The highest BCUT2D eigenvalue weighted by Gasteiger charge is 2.16. The molecule has 0 heterocycles. The SMILES string of the molecule is COc1ccc(CNC(=O)CCN(C(C)=O)c2cccc(C)c2C)cc1OC. The minimum Gasteiger partial charge on any atom is -0.493 e. The number of carbonyl (C=O) groups is 2. The zero-order valence-corrected chi connectivity index (χ0v) is 17.2. The Bertz CT molecular complexity index is 848. The molecule has 150 valence electrons. The van der Waals surface area contributed by atoms with E-state index in [1.54, 1.807) is 25.2 Å². The third-order valence-corrected chi connectivity index (χ3v) is 4.75. The van der Waals surface area contributed by atoms with Gasteiger partial charge in [0.1, 0.15) is 0 Å². The van der Waals surface area contributed by atoms with E-state index in [-0.39, 0.29) is 18.2 Å². The van der Waals surface area contributed by atoms with Gasteiger partial charge in [-0.25, -0.2) is 0 Å². The fourth-order valence-corrected chi connectivity index (χ4v) is 2.97. The zero-order chi connectivity index (χ0) is 20.7. The van der Waals surface area contributed by atoms with Crippen molar-refractivity contribution in [2.75, 3.05) is 25.7 Å². The zero-order valence-electron chi connectivity index (χ0n) is 17.2. The highest BCUT2D eigenvalue weighted by Crippen LogP contribution is 2.27. The number of nitrogens with zero attached hydrogens (tertiary/aromatic N) is 1. The second-order valence-corrected chi connectivity index (χ2v) is 6.61. The molecular weight excluding hydrogens is 356 g/mol. The molecule has 0 unspecified atom stereocenters. The molecule has 0 aliphatic heterocycles. The van der Waals surface area contributed by atoms with Gasteiger partial charge in [0.2, 0.25) is 11.8 Å². The molecule has 0 radical (unpaired) electrons. The van der Waals surface area contributed by atoms with Crippen molar-refractivity contribution in [2.45, 2.75) is 33.7 Å². The van der Waals surface area contributed by atoms with E-state index in [1.807, 2.05) is 44.2 Å². The van der Waals surface area contributed by atoms with Crippen LogP contribution in [0, 0.1) is 13.8 Å². The average molecular weight is 384 g/mol. The Labute approximate surface area is 166 Å². The molecule has 0 aromatic heterocycles. The van der Waals surface area contributed by atoms with Crippen LogP contribution in [0.3, 0.4) is 0 Å². The van der Waals surface area contributed by atoms with Crippen molar-refractivity contribution >= 4 is 17.5 Å². The van der Waals surface area contributed by atoms with E-state index in [9.17, 15) is 9.59 Å². The molecule has 1 N–H and O–H groups in total. The van der Waals surface area contributed by atoms with Gasteiger partial charge in [-0.2, -0.15) is 0 Å². The monoisotopic (exact) mass is 384 g/mol. The summed E-state index contributed by atoms with van der Waals surface area (Å²) >= 11 is 0. The summed E-state index contributed by atoms with van der Waals surface area (Å²) < 4.78 is 10.5. The molecule has 2 amide bonds. The summed E-state index contributed by atoms with van der Waals surface area (Å²) in [6.07, 6.45) is 0.222. The van der Waals surface area contributed by atoms with Crippen molar-refractivity contribution in [3.63, 3.8) is 0 Å². The van der Waals surface area contributed by atoms with E-state index < -0.39 is 0 Å². The Hall–Kier alpha value is -3.02. The van der Waals surface area contributed by atoms with Crippen LogP contribution in [0.2, 0.25) is 0 Å². The lowest BCUT2D eigenvalue weighted by Gasteiger charge is -2.23. The molecule has 0 atom stereocenters. The number of amides is 2. The van der Waals surface area contributed by atoms with E-state index in [0.29, 0.717) is 24.6 Å². The maximum atomic E-state index is 12.3. The van der Waals surface area contributed by atoms with Crippen LogP contribution >= 0.6 is 0 Å². The molecule has 0 aliphatic carbocycles. The second kappa shape index (κ2) is 9.78. The van der Waals surface area contributed by atoms with Crippen LogP contribution in [0.1, 0.15) is 30.0 Å². The van der Waals surface area contributed by atoms with Crippen LogP contribution in [0.25, 0.3) is 0 Å². The molecule has 0 fully saturated rings. The minimum absolute atomic E-state index is 0.0820. The molecule has 2 rings (SSSR count). The van der Waals surface area contributed by atoms with E-state index in [0.717, 1.165) is 22.4 Å². The quantitative estimate of drug-likeness (QED) is 0.758. The molecule has 6 heteroatoms. The van der Waals surface area contributed by atoms with Crippen molar-refractivity contribution in [3.05, 3.63) is 53.1 Å². The lowest BCUT2D eigenvalue weighted by Crippen LogP contribution is -2.34. The Morgan fingerprint density at radius 2 is 1.75 bits per heavy atom. The molecule has 0 saturated heterocycles. The molecular formula is C22H28N2O4. The summed E-state index contributed by atoms with van der Waals surface area (Å²) in [5, 5.41) is 2.89. The number of methoxy groups -OCH3 is 2. The summed E-state index contributed by atoms with van der Waals surface area (Å²) in [6.45, 7) is 6.22. The molecule has 0 spiro atoms. The number of anilines is 1. The number of aryl methyl sites for hydroxylation is 1. The molecule has 6 nitrogen and oxygen atoms in total. The number of carbonyl (C=O) groups excluding carboxylic acids is 2. The van der Waals surface area contributed by atoms with Gasteiger partial charge >= 0.3 is 0 Å². The maximum Gasteiger partial charge on any atom is 0.223 e. The Morgan fingerprint density at radius 3 is 2.39 bits per heavy atom. The number of rotatable bonds is 8. The van der Waals surface area contributed by atoms with Crippen molar-refractivity contribution < 1.29 is 19.1 Å². The lowest BCUT2D eigenvalue weighted by atomic mass is 10.1. The van der Waals surface area contributed by atoms with Gasteiger partial charge in [0.25, 0.3) is 0 Å². The van der Waals surface area contributed by atoms with Gasteiger partial charge in [0, 0.05) is 32.1 Å². The molecule has 0 aliphatic rings. The molecule has 28 heavy (non-hydrogen) atoms. The number of hydrogen-bond acceptors (Lipinski definition) is 4. The first-order chi connectivity index (χ1) is 13.4.